The summed E-state index contributed by atoms with van der Waals surface area (Å²) in [7, 11) is 1.53. The lowest BCUT2D eigenvalue weighted by Gasteiger charge is -2.29. The van der Waals surface area contributed by atoms with Crippen LogP contribution in [0.2, 0.25) is 0 Å². The maximum Gasteiger partial charge on any atom is 0.490 e. The largest absolute Gasteiger partial charge is 0.497 e. The number of hydrogen-bond acceptors (Lipinski definition) is 6. The Bertz CT molecular complexity index is 1390. The van der Waals surface area contributed by atoms with Crippen LogP contribution in [0.4, 0.5) is 13.2 Å². The van der Waals surface area contributed by atoms with Crippen molar-refractivity contribution < 1.29 is 42.2 Å². The molecule has 1 fully saturated rings. The van der Waals surface area contributed by atoms with E-state index in [2.05, 4.69) is 15.6 Å². The molecule has 0 radical (unpaired) electrons. The fraction of sp³-hybridized carbons (Fsp3) is 0.300. The van der Waals surface area contributed by atoms with Crippen molar-refractivity contribution in [3.63, 3.8) is 0 Å². The Hall–Kier alpha value is -4.94. The first-order chi connectivity index (χ1) is 20.5. The third-order valence-corrected chi connectivity index (χ3v) is 6.49. The molecule has 0 unspecified atom stereocenters. The van der Waals surface area contributed by atoms with Crippen molar-refractivity contribution in [3.05, 3.63) is 95.8 Å². The van der Waals surface area contributed by atoms with E-state index in [-0.39, 0.29) is 24.1 Å². The highest BCUT2D eigenvalue weighted by Gasteiger charge is 2.39. The van der Waals surface area contributed by atoms with Crippen LogP contribution in [-0.4, -0.2) is 70.6 Å². The lowest BCUT2D eigenvalue weighted by atomic mass is 10.0. The van der Waals surface area contributed by atoms with Gasteiger partial charge in [-0.25, -0.2) is 4.79 Å². The molecule has 0 spiro atoms. The van der Waals surface area contributed by atoms with Crippen LogP contribution in [0.25, 0.3) is 0 Å². The van der Waals surface area contributed by atoms with Gasteiger partial charge in [-0.15, -0.1) is 0 Å². The molecule has 2 aromatic carbocycles. The van der Waals surface area contributed by atoms with E-state index in [4.69, 9.17) is 14.6 Å². The molecule has 228 valence electrons. The number of benzene rings is 2. The smallest absolute Gasteiger partial charge is 0.490 e. The van der Waals surface area contributed by atoms with Crippen LogP contribution in [0, 0.1) is 0 Å². The molecule has 3 aromatic rings. The van der Waals surface area contributed by atoms with Crippen LogP contribution in [-0.2, 0) is 27.3 Å². The quantitative estimate of drug-likeness (QED) is 0.343. The van der Waals surface area contributed by atoms with E-state index in [0.29, 0.717) is 30.8 Å². The zero-order valence-electron chi connectivity index (χ0n) is 23.2. The van der Waals surface area contributed by atoms with Gasteiger partial charge in [0, 0.05) is 37.5 Å². The van der Waals surface area contributed by atoms with Crippen LogP contribution in [0.15, 0.2) is 79.1 Å². The summed E-state index contributed by atoms with van der Waals surface area (Å²) in [6.07, 6.45) is -0.194. The predicted molar refractivity (Wildman–Crippen MR) is 149 cm³/mol. The maximum atomic E-state index is 13.7. The third kappa shape index (κ3) is 9.83. The van der Waals surface area contributed by atoms with Crippen LogP contribution in [0.5, 0.6) is 5.75 Å². The summed E-state index contributed by atoms with van der Waals surface area (Å²) in [5, 5.41) is 13.0. The molecule has 1 saturated heterocycles. The number of aromatic nitrogens is 1. The lowest BCUT2D eigenvalue weighted by Crippen LogP contribution is -2.54. The molecule has 10 nitrogen and oxygen atoms in total. The van der Waals surface area contributed by atoms with Crippen LogP contribution >= 0.6 is 0 Å². The predicted octanol–water partition coefficient (Wildman–Crippen LogP) is 3.37. The van der Waals surface area contributed by atoms with E-state index in [1.807, 2.05) is 36.4 Å². The number of amides is 3. The second-order valence-corrected chi connectivity index (χ2v) is 9.52. The number of likely N-dealkylation sites (tertiary alicyclic amines) is 1. The molecular weight excluding hydrogens is 569 g/mol. The monoisotopic (exact) mass is 600 g/mol. The molecule has 3 N–H and O–H groups in total. The molecule has 0 bridgehead atoms. The number of ether oxygens (including phenoxy) is 1. The van der Waals surface area contributed by atoms with Crippen molar-refractivity contribution in [1.82, 2.24) is 20.5 Å². The highest BCUT2D eigenvalue weighted by Crippen LogP contribution is 2.21. The number of nitrogens with zero attached hydrogens (tertiary/aromatic N) is 2. The first-order valence-electron chi connectivity index (χ1n) is 13.3. The van der Waals surface area contributed by atoms with Gasteiger partial charge in [0.2, 0.25) is 11.8 Å². The average molecular weight is 601 g/mol. The average Bonchev–Trinajstić information content (AvgIpc) is 3.50. The second-order valence-electron chi connectivity index (χ2n) is 9.52. The molecular formula is C30H31F3N4O6. The summed E-state index contributed by atoms with van der Waals surface area (Å²) in [5.74, 6) is -3.07. The standard InChI is InChI=1S/C28H30N4O4.C2HF3O2/c1-36-23-12-5-11-22(17-23)26(33)31-24(16-21-10-6-14-29-18-21)28(35)32-15-7-13-25(32)27(34)30-19-20-8-3-2-4-9-20;3-2(4,5)1(6)7/h2-6,8-12,14,17-18,24-25H,7,13,15-16,19H2,1H3,(H,30,34)(H,31,33);(H,6,7)/t24-,25-;/m0./s1. The number of methoxy groups -OCH3 is 1. The molecule has 2 heterocycles. The molecule has 1 aromatic heterocycles. The molecule has 3 amide bonds. The number of aliphatic carboxylic acids is 1. The highest BCUT2D eigenvalue weighted by atomic mass is 19.4. The van der Waals surface area contributed by atoms with Gasteiger partial charge in [0.25, 0.3) is 5.91 Å². The van der Waals surface area contributed by atoms with Crippen molar-refractivity contribution >= 4 is 23.7 Å². The van der Waals surface area contributed by atoms with Gasteiger partial charge in [-0.1, -0.05) is 42.5 Å². The highest BCUT2D eigenvalue weighted by molar-refractivity contribution is 5.99. The van der Waals surface area contributed by atoms with Gasteiger partial charge in [0.1, 0.15) is 17.8 Å². The van der Waals surface area contributed by atoms with Crippen molar-refractivity contribution in [1.29, 1.82) is 0 Å². The number of halogens is 3. The summed E-state index contributed by atoms with van der Waals surface area (Å²) < 4.78 is 37.0. The fourth-order valence-electron chi connectivity index (χ4n) is 4.37. The Morgan fingerprint density at radius 3 is 2.37 bits per heavy atom. The second kappa shape index (κ2) is 15.3. The Kier molecular flexibility index (Phi) is 11.6. The molecule has 13 heteroatoms. The molecule has 1 aliphatic rings. The van der Waals surface area contributed by atoms with E-state index in [0.717, 1.165) is 17.5 Å². The van der Waals surface area contributed by atoms with Crippen molar-refractivity contribution in [2.45, 2.75) is 44.1 Å². The lowest BCUT2D eigenvalue weighted by molar-refractivity contribution is -0.192. The van der Waals surface area contributed by atoms with Crippen LogP contribution in [0.1, 0.15) is 34.3 Å². The number of pyridine rings is 1. The molecule has 0 saturated carbocycles. The third-order valence-electron chi connectivity index (χ3n) is 6.49. The number of carboxylic acid groups (broad SMARTS) is 1. The van der Waals surface area contributed by atoms with Gasteiger partial charge in [-0.2, -0.15) is 13.2 Å². The molecule has 1 aliphatic heterocycles. The Morgan fingerprint density at radius 2 is 1.74 bits per heavy atom. The molecule has 2 atom stereocenters. The van der Waals surface area contributed by atoms with Gasteiger partial charge < -0.3 is 25.4 Å². The number of alkyl halides is 3. The van der Waals surface area contributed by atoms with E-state index < -0.39 is 24.2 Å². The maximum absolute atomic E-state index is 13.7. The Balaban J connectivity index is 0.000000646. The molecule has 4 rings (SSSR count). The SMILES string of the molecule is COc1cccc(C(=O)N[C@@H](Cc2cccnc2)C(=O)N2CCC[C@H]2C(=O)NCc2ccccc2)c1.O=C(O)C(F)(F)F. The van der Waals surface area contributed by atoms with Crippen molar-refractivity contribution in [2.75, 3.05) is 13.7 Å². The van der Waals surface area contributed by atoms with E-state index in [1.165, 1.54) is 7.11 Å². The summed E-state index contributed by atoms with van der Waals surface area (Å²) in [4.78, 5) is 54.4. The number of hydrogen-bond donors (Lipinski definition) is 3. The Labute approximate surface area is 245 Å². The van der Waals surface area contributed by atoms with Crippen LogP contribution < -0.4 is 15.4 Å². The first kappa shape index (κ1) is 32.6. The summed E-state index contributed by atoms with van der Waals surface area (Å²) in [5.41, 5.74) is 2.18. The molecule has 43 heavy (non-hydrogen) atoms. The zero-order chi connectivity index (χ0) is 31.4. The van der Waals surface area contributed by atoms with Gasteiger partial charge in [0.15, 0.2) is 0 Å². The Morgan fingerprint density at radius 1 is 1.05 bits per heavy atom. The topological polar surface area (TPSA) is 138 Å². The van der Waals surface area contributed by atoms with Gasteiger partial charge >= 0.3 is 12.1 Å². The number of carboxylic acids is 1. The minimum atomic E-state index is -5.08. The fourth-order valence-corrected chi connectivity index (χ4v) is 4.37. The number of carbonyl (C=O) groups excluding carboxylic acids is 3. The van der Waals surface area contributed by atoms with E-state index in [1.54, 1.807) is 47.6 Å². The summed E-state index contributed by atoms with van der Waals surface area (Å²) in [6, 6.07) is 18.6. The zero-order valence-corrected chi connectivity index (χ0v) is 23.2. The normalized spacial score (nSPS) is 15.0. The van der Waals surface area contributed by atoms with Crippen molar-refractivity contribution in [2.24, 2.45) is 0 Å². The number of nitrogens with one attached hydrogen (secondary N) is 2. The summed E-state index contributed by atoms with van der Waals surface area (Å²) in [6.45, 7) is 0.852. The van der Waals surface area contributed by atoms with Crippen molar-refractivity contribution in [3.8, 4) is 5.75 Å². The summed E-state index contributed by atoms with van der Waals surface area (Å²) >= 11 is 0. The van der Waals surface area contributed by atoms with Gasteiger partial charge in [-0.05, 0) is 48.2 Å². The van der Waals surface area contributed by atoms with Gasteiger partial charge in [0.05, 0.1) is 7.11 Å². The number of carbonyl (C=O) groups is 4. The van der Waals surface area contributed by atoms with Gasteiger partial charge in [-0.3, -0.25) is 19.4 Å². The minimum Gasteiger partial charge on any atom is -0.497 e. The number of rotatable bonds is 9. The van der Waals surface area contributed by atoms with E-state index in [9.17, 15) is 27.6 Å². The molecule has 0 aliphatic carbocycles. The minimum absolute atomic E-state index is 0.191. The van der Waals surface area contributed by atoms with E-state index >= 15 is 0 Å². The van der Waals surface area contributed by atoms with Crippen LogP contribution in [0.3, 0.4) is 0 Å². The first-order valence-corrected chi connectivity index (χ1v) is 13.3.